The summed E-state index contributed by atoms with van der Waals surface area (Å²) in [6.07, 6.45) is 0. The lowest BCUT2D eigenvalue weighted by Gasteiger charge is -2.15. The van der Waals surface area contributed by atoms with Crippen molar-refractivity contribution in [3.05, 3.63) is 24.0 Å². The second-order valence-corrected chi connectivity index (χ2v) is 5.66. The molecule has 0 bridgehead atoms. The quantitative estimate of drug-likeness (QED) is 0.747. The molecule has 0 heterocycles. The van der Waals surface area contributed by atoms with Gasteiger partial charge in [0.25, 0.3) is 0 Å². The molecule has 3 N–H and O–H groups in total. The lowest BCUT2D eigenvalue weighted by atomic mass is 10.3. The highest BCUT2D eigenvalue weighted by Crippen LogP contribution is 2.20. The van der Waals surface area contributed by atoms with Crippen LogP contribution in [0, 0.1) is 5.82 Å². The highest BCUT2D eigenvalue weighted by Gasteiger charge is 2.21. The van der Waals surface area contributed by atoms with E-state index in [0.29, 0.717) is 6.54 Å². The fourth-order valence-corrected chi connectivity index (χ4v) is 2.62. The van der Waals surface area contributed by atoms with Gasteiger partial charge in [0.15, 0.2) is 0 Å². The number of nitrogens with one attached hydrogen (secondary N) is 1. The number of sulfonamides is 1. The van der Waals surface area contributed by atoms with E-state index in [2.05, 4.69) is 4.72 Å². The molecule has 0 aliphatic heterocycles. The van der Waals surface area contributed by atoms with Crippen molar-refractivity contribution in [2.45, 2.75) is 11.8 Å². The van der Waals surface area contributed by atoms with Gasteiger partial charge in [-0.1, -0.05) is 13.0 Å². The van der Waals surface area contributed by atoms with Crippen LogP contribution < -0.4 is 10.5 Å². The number of nitrogen functional groups attached to an aromatic ring is 1. The number of nitrogens with two attached hydrogens (primary N) is 1. The highest BCUT2D eigenvalue weighted by atomic mass is 32.2. The van der Waals surface area contributed by atoms with Gasteiger partial charge >= 0.3 is 0 Å². The summed E-state index contributed by atoms with van der Waals surface area (Å²) in [7, 11) is -2.04. The van der Waals surface area contributed by atoms with E-state index in [-0.39, 0.29) is 12.2 Å². The molecule has 5 nitrogen and oxygen atoms in total. The van der Waals surface area contributed by atoms with E-state index in [1.807, 2.05) is 18.9 Å². The van der Waals surface area contributed by atoms with Crippen LogP contribution in [0.2, 0.25) is 0 Å². The van der Waals surface area contributed by atoms with Gasteiger partial charge in [0.2, 0.25) is 10.0 Å². The maximum atomic E-state index is 13.5. The molecule has 0 aliphatic carbocycles. The molecule has 1 aromatic rings. The largest absolute Gasteiger partial charge is 0.398 e. The molecule has 0 spiro atoms. The van der Waals surface area contributed by atoms with E-state index in [4.69, 9.17) is 5.73 Å². The van der Waals surface area contributed by atoms with Crippen LogP contribution in [0.4, 0.5) is 10.1 Å². The van der Waals surface area contributed by atoms with E-state index >= 15 is 0 Å². The Bertz CT molecular complexity index is 485. The summed E-state index contributed by atoms with van der Waals surface area (Å²) >= 11 is 0. The van der Waals surface area contributed by atoms with Gasteiger partial charge in [0.05, 0.1) is 5.69 Å². The van der Waals surface area contributed by atoms with E-state index in [9.17, 15) is 12.8 Å². The standard InChI is InChI=1S/C11H18FN3O2S/c1-3-15(2)8-7-14-18(16,17)11-9(12)5-4-6-10(11)13/h4-6,14H,3,7-8,13H2,1-2H3. The summed E-state index contributed by atoms with van der Waals surface area (Å²) in [6.45, 7) is 3.53. The van der Waals surface area contributed by atoms with Crippen LogP contribution in [0.25, 0.3) is 0 Å². The zero-order valence-electron chi connectivity index (χ0n) is 10.5. The van der Waals surface area contributed by atoms with Crippen molar-refractivity contribution in [3.8, 4) is 0 Å². The van der Waals surface area contributed by atoms with E-state index in [1.54, 1.807) is 0 Å². The Balaban J connectivity index is 2.81. The van der Waals surface area contributed by atoms with Gasteiger partial charge in [-0.25, -0.2) is 17.5 Å². The molecule has 1 aromatic carbocycles. The summed E-state index contributed by atoms with van der Waals surface area (Å²) in [6, 6.07) is 3.80. The third-order valence-corrected chi connectivity index (χ3v) is 4.14. The topological polar surface area (TPSA) is 75.4 Å². The summed E-state index contributed by atoms with van der Waals surface area (Å²) in [5.74, 6) is -0.841. The number of hydrogen-bond donors (Lipinski definition) is 2. The minimum atomic E-state index is -3.90. The van der Waals surface area contributed by atoms with E-state index in [1.165, 1.54) is 12.1 Å². The van der Waals surface area contributed by atoms with Gasteiger partial charge in [-0.2, -0.15) is 0 Å². The van der Waals surface area contributed by atoms with Gasteiger partial charge in [0, 0.05) is 13.1 Å². The van der Waals surface area contributed by atoms with Crippen LogP contribution in [0.1, 0.15) is 6.92 Å². The maximum Gasteiger partial charge on any atom is 0.245 e. The van der Waals surface area contributed by atoms with Crippen LogP contribution >= 0.6 is 0 Å². The zero-order valence-corrected chi connectivity index (χ0v) is 11.3. The summed E-state index contributed by atoms with van der Waals surface area (Å²) in [4.78, 5) is 1.46. The first-order valence-corrected chi connectivity index (χ1v) is 7.09. The molecule has 18 heavy (non-hydrogen) atoms. The number of halogens is 1. The second kappa shape index (κ2) is 6.12. The first kappa shape index (κ1) is 14.9. The molecular weight excluding hydrogens is 257 g/mol. The van der Waals surface area contributed by atoms with Crippen LogP contribution in [-0.4, -0.2) is 40.0 Å². The van der Waals surface area contributed by atoms with Gasteiger partial charge in [-0.15, -0.1) is 0 Å². The Labute approximate surface area is 107 Å². The van der Waals surface area contributed by atoms with E-state index < -0.39 is 20.7 Å². The average molecular weight is 275 g/mol. The molecular formula is C11H18FN3O2S. The first-order valence-electron chi connectivity index (χ1n) is 5.60. The highest BCUT2D eigenvalue weighted by molar-refractivity contribution is 7.89. The average Bonchev–Trinajstić information content (AvgIpc) is 2.27. The molecule has 0 unspecified atom stereocenters. The number of anilines is 1. The lowest BCUT2D eigenvalue weighted by Crippen LogP contribution is -2.33. The molecule has 1 rings (SSSR count). The number of benzene rings is 1. The molecule has 0 saturated heterocycles. The summed E-state index contributed by atoms with van der Waals surface area (Å²) in [5.41, 5.74) is 5.40. The van der Waals surface area contributed by atoms with Gasteiger partial charge in [-0.05, 0) is 25.7 Å². The predicted octanol–water partition coefficient (Wildman–Crippen LogP) is 0.638. The molecule has 0 aromatic heterocycles. The molecule has 0 radical (unpaired) electrons. The summed E-state index contributed by atoms with van der Waals surface area (Å²) in [5, 5.41) is 0. The Morgan fingerprint density at radius 2 is 2.11 bits per heavy atom. The van der Waals surface area contributed by atoms with Gasteiger partial charge < -0.3 is 10.6 Å². The Kier molecular flexibility index (Phi) is 5.06. The normalized spacial score (nSPS) is 12.0. The molecule has 102 valence electrons. The molecule has 0 atom stereocenters. The second-order valence-electron chi connectivity index (χ2n) is 3.95. The number of rotatable bonds is 6. The van der Waals surface area contributed by atoms with Crippen molar-refractivity contribution in [1.82, 2.24) is 9.62 Å². The van der Waals surface area contributed by atoms with Crippen LogP contribution in [0.15, 0.2) is 23.1 Å². The van der Waals surface area contributed by atoms with Gasteiger partial charge in [-0.3, -0.25) is 0 Å². The molecule has 7 heteroatoms. The lowest BCUT2D eigenvalue weighted by molar-refractivity contribution is 0.358. The minimum absolute atomic E-state index is 0.0913. The maximum absolute atomic E-state index is 13.5. The van der Waals surface area contributed by atoms with Crippen LogP contribution in [-0.2, 0) is 10.0 Å². The van der Waals surface area contributed by atoms with Crippen molar-refractivity contribution in [2.75, 3.05) is 32.4 Å². The SMILES string of the molecule is CCN(C)CCNS(=O)(=O)c1c(N)cccc1F. The molecule has 0 saturated carbocycles. The number of likely N-dealkylation sites (N-methyl/N-ethyl adjacent to an activating group) is 1. The zero-order chi connectivity index (χ0) is 13.8. The van der Waals surface area contributed by atoms with Crippen molar-refractivity contribution >= 4 is 15.7 Å². The fraction of sp³-hybridized carbons (Fsp3) is 0.455. The smallest absolute Gasteiger partial charge is 0.245 e. The van der Waals surface area contributed by atoms with Crippen molar-refractivity contribution < 1.29 is 12.8 Å². The van der Waals surface area contributed by atoms with E-state index in [0.717, 1.165) is 12.6 Å². The predicted molar refractivity (Wildman–Crippen MR) is 69.2 cm³/mol. The van der Waals surface area contributed by atoms with Crippen molar-refractivity contribution in [1.29, 1.82) is 0 Å². The molecule has 0 aliphatic rings. The number of hydrogen-bond acceptors (Lipinski definition) is 4. The number of nitrogens with zero attached hydrogens (tertiary/aromatic N) is 1. The van der Waals surface area contributed by atoms with Crippen LogP contribution in [0.5, 0.6) is 0 Å². The minimum Gasteiger partial charge on any atom is -0.398 e. The van der Waals surface area contributed by atoms with Crippen molar-refractivity contribution in [2.24, 2.45) is 0 Å². The monoisotopic (exact) mass is 275 g/mol. The Morgan fingerprint density at radius 3 is 2.67 bits per heavy atom. The van der Waals surface area contributed by atoms with Crippen LogP contribution in [0.3, 0.4) is 0 Å². The fourth-order valence-electron chi connectivity index (χ4n) is 1.41. The van der Waals surface area contributed by atoms with Crippen molar-refractivity contribution in [3.63, 3.8) is 0 Å². The third-order valence-electron chi connectivity index (χ3n) is 2.59. The Hall–Kier alpha value is -1.18. The first-order chi connectivity index (χ1) is 8.38. The molecule has 0 amide bonds. The third kappa shape index (κ3) is 3.66. The Morgan fingerprint density at radius 1 is 1.44 bits per heavy atom. The summed E-state index contributed by atoms with van der Waals surface area (Å²) < 4.78 is 39.6. The van der Waals surface area contributed by atoms with Gasteiger partial charge in [0.1, 0.15) is 10.7 Å². The molecule has 0 fully saturated rings.